The molecule has 1 N–H and O–H groups in total. The van der Waals surface area contributed by atoms with Gasteiger partial charge in [0.2, 0.25) is 5.91 Å². The van der Waals surface area contributed by atoms with Gasteiger partial charge in [-0.1, -0.05) is 23.7 Å². The topological polar surface area (TPSA) is 93.2 Å². The summed E-state index contributed by atoms with van der Waals surface area (Å²) in [4.78, 5) is 19.3. The van der Waals surface area contributed by atoms with E-state index in [1.54, 1.807) is 29.0 Å². The van der Waals surface area contributed by atoms with Gasteiger partial charge in [-0.2, -0.15) is 5.10 Å². The molecule has 5 heterocycles. The maximum absolute atomic E-state index is 13.2. The van der Waals surface area contributed by atoms with Crippen LogP contribution in [0.2, 0.25) is 5.02 Å². The van der Waals surface area contributed by atoms with Gasteiger partial charge in [-0.3, -0.25) is 13.9 Å². The Balaban J connectivity index is 1.40. The molecule has 0 unspecified atom stereocenters. The van der Waals surface area contributed by atoms with Crippen LogP contribution in [0.3, 0.4) is 0 Å². The molecule has 0 spiro atoms. The normalized spacial score (nSPS) is 15.4. The highest BCUT2D eigenvalue weighted by Crippen LogP contribution is 2.35. The summed E-state index contributed by atoms with van der Waals surface area (Å²) in [6.07, 6.45) is 4.50. The molecule has 5 aromatic rings. The first-order valence-corrected chi connectivity index (χ1v) is 12.0. The molecular weight excluding hydrogens is 476 g/mol. The molecule has 1 aliphatic rings. The van der Waals surface area contributed by atoms with Crippen LogP contribution < -0.4 is 10.2 Å². The number of nitrogens with zero attached hydrogens (tertiary/aromatic N) is 7. The molecule has 10 heteroatoms. The molecule has 0 saturated heterocycles. The van der Waals surface area contributed by atoms with Crippen LogP contribution in [-0.4, -0.2) is 42.3 Å². The van der Waals surface area contributed by atoms with Gasteiger partial charge in [0.1, 0.15) is 23.3 Å². The lowest BCUT2D eigenvalue weighted by Gasteiger charge is -2.18. The van der Waals surface area contributed by atoms with Crippen molar-refractivity contribution in [1.29, 1.82) is 0 Å². The number of benzene rings is 1. The Labute approximate surface area is 212 Å². The average molecular weight is 499 g/mol. The van der Waals surface area contributed by atoms with Crippen molar-refractivity contribution in [3.63, 3.8) is 0 Å². The Morgan fingerprint density at radius 2 is 1.83 bits per heavy atom. The second-order valence-corrected chi connectivity index (χ2v) is 9.37. The molecule has 1 amide bonds. The summed E-state index contributed by atoms with van der Waals surface area (Å²) < 4.78 is 3.73. The molecule has 0 fully saturated rings. The van der Waals surface area contributed by atoms with Gasteiger partial charge < -0.3 is 10.2 Å². The number of carbonyl (C=O) groups excluding carboxylic acids is 1. The summed E-state index contributed by atoms with van der Waals surface area (Å²) in [5, 5.41) is 17.2. The number of aryl methyl sites for hydroxylation is 1. The molecule has 1 atom stereocenters. The van der Waals surface area contributed by atoms with Gasteiger partial charge in [0, 0.05) is 43.7 Å². The first kappa shape index (κ1) is 22.2. The van der Waals surface area contributed by atoms with Gasteiger partial charge in [0.05, 0.1) is 6.20 Å². The maximum Gasteiger partial charge on any atom is 0.228 e. The summed E-state index contributed by atoms with van der Waals surface area (Å²) in [5.74, 6) is 2.99. The van der Waals surface area contributed by atoms with E-state index in [2.05, 4.69) is 25.6 Å². The predicted octanol–water partition coefficient (Wildman–Crippen LogP) is 4.61. The average Bonchev–Trinajstić information content (AvgIpc) is 3.47. The SMILES string of the molecule is CN1C(=O)C[C@H](Cc2ccc(Cl)cc2)c2nnc3cc(-c4ccnc(Nc5ccnn5C)c4)cc1n23. The van der Waals surface area contributed by atoms with Crippen molar-refractivity contribution < 1.29 is 4.79 Å². The van der Waals surface area contributed by atoms with Crippen molar-refractivity contribution in [2.75, 3.05) is 17.3 Å². The predicted molar refractivity (Wildman–Crippen MR) is 139 cm³/mol. The van der Waals surface area contributed by atoms with Crippen LogP contribution in [0.4, 0.5) is 17.5 Å². The van der Waals surface area contributed by atoms with Gasteiger partial charge in [-0.15, -0.1) is 10.2 Å². The fourth-order valence-electron chi connectivity index (χ4n) is 4.64. The second kappa shape index (κ2) is 8.76. The standard InChI is InChI=1S/C26H23ClN8O/c1-33-24-14-18(17-7-9-28-21(12-17)30-22-8-10-29-34(22)2)13-23-31-32-26(35(23)24)19(15-25(33)36)11-16-3-5-20(27)6-4-16/h3-10,12-14,19H,11,15H2,1-2H3,(H,28,30)/t19-/m0/s1. The molecule has 0 bridgehead atoms. The lowest BCUT2D eigenvalue weighted by atomic mass is 9.95. The largest absolute Gasteiger partial charge is 0.325 e. The number of pyridine rings is 2. The number of hydrogen-bond acceptors (Lipinski definition) is 6. The molecule has 9 nitrogen and oxygen atoms in total. The molecule has 1 aromatic carbocycles. The second-order valence-electron chi connectivity index (χ2n) is 8.93. The molecular formula is C26H23ClN8O. The zero-order valence-electron chi connectivity index (χ0n) is 19.8. The van der Waals surface area contributed by atoms with E-state index in [1.165, 1.54) is 0 Å². The van der Waals surface area contributed by atoms with Crippen molar-refractivity contribution in [3.05, 3.63) is 83.4 Å². The number of aromatic nitrogens is 6. The molecule has 4 aromatic heterocycles. The Morgan fingerprint density at radius 3 is 2.61 bits per heavy atom. The Morgan fingerprint density at radius 1 is 1.00 bits per heavy atom. The minimum Gasteiger partial charge on any atom is -0.325 e. The van der Waals surface area contributed by atoms with E-state index in [1.807, 2.05) is 66.0 Å². The summed E-state index contributed by atoms with van der Waals surface area (Å²) in [5.41, 5.74) is 3.66. The van der Waals surface area contributed by atoms with Crippen LogP contribution in [0.5, 0.6) is 0 Å². The molecule has 0 aliphatic carbocycles. The first-order chi connectivity index (χ1) is 17.5. The summed E-state index contributed by atoms with van der Waals surface area (Å²) in [7, 11) is 3.67. The lowest BCUT2D eigenvalue weighted by molar-refractivity contribution is -0.118. The van der Waals surface area contributed by atoms with Gasteiger partial charge >= 0.3 is 0 Å². The summed E-state index contributed by atoms with van der Waals surface area (Å²) >= 11 is 6.06. The van der Waals surface area contributed by atoms with Crippen LogP contribution >= 0.6 is 11.6 Å². The van der Waals surface area contributed by atoms with Crippen LogP contribution in [0.15, 0.2) is 67.0 Å². The third-order valence-corrected chi connectivity index (χ3v) is 6.83. The number of amides is 1. The number of hydrogen-bond donors (Lipinski definition) is 1. The third-order valence-electron chi connectivity index (χ3n) is 6.58. The van der Waals surface area contributed by atoms with Gasteiger partial charge in [-0.05, 0) is 59.5 Å². The zero-order valence-corrected chi connectivity index (χ0v) is 20.5. The van der Waals surface area contributed by atoms with E-state index in [9.17, 15) is 4.79 Å². The van der Waals surface area contributed by atoms with Crippen molar-refractivity contribution in [3.8, 4) is 11.1 Å². The van der Waals surface area contributed by atoms with E-state index in [0.717, 1.165) is 34.2 Å². The van der Waals surface area contributed by atoms with Crippen molar-refractivity contribution in [1.82, 2.24) is 29.4 Å². The van der Waals surface area contributed by atoms with E-state index in [0.29, 0.717) is 29.3 Å². The molecule has 36 heavy (non-hydrogen) atoms. The fourth-order valence-corrected chi connectivity index (χ4v) is 4.77. The van der Waals surface area contributed by atoms with Crippen molar-refractivity contribution >= 4 is 40.6 Å². The highest BCUT2D eigenvalue weighted by Gasteiger charge is 2.30. The van der Waals surface area contributed by atoms with Gasteiger partial charge in [0.15, 0.2) is 5.65 Å². The molecule has 0 radical (unpaired) electrons. The molecule has 0 saturated carbocycles. The molecule has 6 rings (SSSR count). The Hall–Kier alpha value is -4.24. The highest BCUT2D eigenvalue weighted by atomic mass is 35.5. The summed E-state index contributed by atoms with van der Waals surface area (Å²) in [6.45, 7) is 0. The van der Waals surface area contributed by atoms with Crippen LogP contribution in [0.25, 0.3) is 16.8 Å². The monoisotopic (exact) mass is 498 g/mol. The quantitative estimate of drug-likeness (QED) is 0.380. The zero-order chi connectivity index (χ0) is 24.8. The van der Waals surface area contributed by atoms with E-state index < -0.39 is 0 Å². The Bertz CT molecular complexity index is 1590. The van der Waals surface area contributed by atoms with Crippen molar-refractivity contribution in [2.45, 2.75) is 18.8 Å². The number of nitrogens with one attached hydrogen (secondary N) is 1. The fraction of sp³-hybridized carbons (Fsp3) is 0.192. The summed E-state index contributed by atoms with van der Waals surface area (Å²) in [6, 6.07) is 17.5. The number of carbonyl (C=O) groups is 1. The van der Waals surface area contributed by atoms with Crippen LogP contribution in [0, 0.1) is 0 Å². The number of rotatable bonds is 5. The maximum atomic E-state index is 13.2. The minimum absolute atomic E-state index is 0.0335. The lowest BCUT2D eigenvalue weighted by Crippen LogP contribution is -2.27. The van der Waals surface area contributed by atoms with E-state index >= 15 is 0 Å². The van der Waals surface area contributed by atoms with Crippen molar-refractivity contribution in [2.24, 2.45) is 7.05 Å². The molecule has 180 valence electrons. The smallest absolute Gasteiger partial charge is 0.228 e. The van der Waals surface area contributed by atoms with E-state index in [4.69, 9.17) is 11.6 Å². The first-order valence-electron chi connectivity index (χ1n) is 11.6. The number of anilines is 3. The minimum atomic E-state index is -0.0983. The van der Waals surface area contributed by atoms with Crippen LogP contribution in [-0.2, 0) is 18.3 Å². The third kappa shape index (κ3) is 3.97. The van der Waals surface area contributed by atoms with E-state index in [-0.39, 0.29) is 11.8 Å². The Kier molecular flexibility index (Phi) is 5.41. The van der Waals surface area contributed by atoms with Crippen LogP contribution in [0.1, 0.15) is 23.7 Å². The highest BCUT2D eigenvalue weighted by molar-refractivity contribution is 6.30. The van der Waals surface area contributed by atoms with Gasteiger partial charge in [0.25, 0.3) is 0 Å². The molecule has 1 aliphatic heterocycles. The van der Waals surface area contributed by atoms with Gasteiger partial charge in [-0.25, -0.2) is 4.98 Å². The number of halogens is 1.